The van der Waals surface area contributed by atoms with Gasteiger partial charge in [0.2, 0.25) is 10.0 Å². The number of aryl methyl sites for hydroxylation is 1. The van der Waals surface area contributed by atoms with E-state index in [2.05, 4.69) is 9.71 Å². The van der Waals surface area contributed by atoms with Gasteiger partial charge in [-0.15, -0.1) is 0 Å². The van der Waals surface area contributed by atoms with E-state index in [-0.39, 0.29) is 11.4 Å². The van der Waals surface area contributed by atoms with Crippen molar-refractivity contribution in [3.63, 3.8) is 0 Å². The Morgan fingerprint density at radius 1 is 1.04 bits per heavy atom. The van der Waals surface area contributed by atoms with Crippen molar-refractivity contribution in [3.8, 4) is 11.5 Å². The Labute approximate surface area is 165 Å². The maximum atomic E-state index is 12.5. The number of pyridine rings is 1. The largest absolute Gasteiger partial charge is 0.496 e. The maximum absolute atomic E-state index is 12.5. The van der Waals surface area contributed by atoms with Crippen LogP contribution >= 0.6 is 0 Å². The van der Waals surface area contributed by atoms with E-state index in [0.717, 1.165) is 16.8 Å². The fourth-order valence-corrected chi connectivity index (χ4v) is 3.73. The predicted octanol–water partition coefficient (Wildman–Crippen LogP) is 3.46. The van der Waals surface area contributed by atoms with Crippen molar-refractivity contribution >= 4 is 10.0 Å². The molecule has 146 valence electrons. The molecule has 0 bridgehead atoms. The molecule has 1 heterocycles. The summed E-state index contributed by atoms with van der Waals surface area (Å²) in [5.74, 6) is 1.35. The molecule has 0 amide bonds. The van der Waals surface area contributed by atoms with Crippen LogP contribution in [0.4, 0.5) is 0 Å². The number of nitrogens with one attached hydrogen (secondary N) is 1. The molecule has 0 aliphatic carbocycles. The fraction of sp³-hybridized carbons (Fsp3) is 0.190. The Morgan fingerprint density at radius 3 is 2.46 bits per heavy atom. The van der Waals surface area contributed by atoms with Gasteiger partial charge in [0.15, 0.2) is 0 Å². The number of hydrogen-bond acceptors (Lipinski definition) is 5. The summed E-state index contributed by atoms with van der Waals surface area (Å²) in [6, 6.07) is 17.7. The van der Waals surface area contributed by atoms with E-state index in [1.54, 1.807) is 25.4 Å². The van der Waals surface area contributed by atoms with Crippen LogP contribution in [-0.4, -0.2) is 20.5 Å². The van der Waals surface area contributed by atoms with Crippen molar-refractivity contribution in [2.75, 3.05) is 7.11 Å². The van der Waals surface area contributed by atoms with E-state index in [1.165, 1.54) is 6.07 Å². The van der Waals surface area contributed by atoms with Gasteiger partial charge >= 0.3 is 0 Å². The minimum absolute atomic E-state index is 0.188. The van der Waals surface area contributed by atoms with E-state index in [0.29, 0.717) is 18.1 Å². The summed E-state index contributed by atoms with van der Waals surface area (Å²) < 4.78 is 38.5. The first kappa shape index (κ1) is 19.9. The summed E-state index contributed by atoms with van der Waals surface area (Å²) in [6.07, 6.45) is 1.72. The lowest BCUT2D eigenvalue weighted by Gasteiger charge is -2.10. The van der Waals surface area contributed by atoms with Crippen molar-refractivity contribution < 1.29 is 17.9 Å². The lowest BCUT2D eigenvalue weighted by Crippen LogP contribution is -2.23. The van der Waals surface area contributed by atoms with Crippen LogP contribution in [-0.2, 0) is 23.2 Å². The number of sulfonamides is 1. The summed E-state index contributed by atoms with van der Waals surface area (Å²) >= 11 is 0. The third-order valence-electron chi connectivity index (χ3n) is 4.18. The fourth-order valence-electron chi connectivity index (χ4n) is 2.62. The highest BCUT2D eigenvalue weighted by molar-refractivity contribution is 7.89. The Kier molecular flexibility index (Phi) is 6.28. The molecule has 0 aliphatic heterocycles. The Balaban J connectivity index is 1.58. The first-order valence-corrected chi connectivity index (χ1v) is 10.2. The van der Waals surface area contributed by atoms with Gasteiger partial charge in [0.1, 0.15) is 18.1 Å². The van der Waals surface area contributed by atoms with Gasteiger partial charge in [-0.1, -0.05) is 18.2 Å². The predicted molar refractivity (Wildman–Crippen MR) is 107 cm³/mol. The Bertz CT molecular complexity index is 1020. The Morgan fingerprint density at radius 2 is 1.82 bits per heavy atom. The molecule has 0 saturated heterocycles. The molecule has 1 N–H and O–H groups in total. The van der Waals surface area contributed by atoms with Gasteiger partial charge < -0.3 is 9.47 Å². The molecule has 0 unspecified atom stereocenters. The smallest absolute Gasteiger partial charge is 0.240 e. The lowest BCUT2D eigenvalue weighted by atomic mass is 10.2. The molecular weight excluding hydrogens is 376 g/mol. The molecule has 0 saturated carbocycles. The van der Waals surface area contributed by atoms with E-state index < -0.39 is 10.0 Å². The van der Waals surface area contributed by atoms with Crippen LogP contribution in [0.5, 0.6) is 11.5 Å². The molecule has 1 aromatic heterocycles. The monoisotopic (exact) mass is 398 g/mol. The van der Waals surface area contributed by atoms with Crippen LogP contribution in [0.3, 0.4) is 0 Å². The number of nitrogens with zero attached hydrogens (tertiary/aromatic N) is 1. The standard InChI is InChI=1S/C21H22N2O4S/c1-16-13-20(10-11-21(16)26-2)28(24,25)23-14-17-6-8-19(9-7-17)27-15-18-5-3-4-12-22-18/h3-13,23H,14-15H2,1-2H3. The number of benzene rings is 2. The second-order valence-corrected chi connectivity index (χ2v) is 7.98. The van der Waals surface area contributed by atoms with Crippen LogP contribution in [0.25, 0.3) is 0 Å². The van der Waals surface area contributed by atoms with Crippen LogP contribution in [0.15, 0.2) is 71.8 Å². The van der Waals surface area contributed by atoms with Crippen molar-refractivity contribution in [2.45, 2.75) is 25.0 Å². The van der Waals surface area contributed by atoms with Crippen LogP contribution in [0.1, 0.15) is 16.8 Å². The highest BCUT2D eigenvalue weighted by atomic mass is 32.2. The zero-order chi connectivity index (χ0) is 20.0. The number of hydrogen-bond donors (Lipinski definition) is 1. The molecule has 28 heavy (non-hydrogen) atoms. The van der Waals surface area contributed by atoms with Gasteiger partial charge in [0.25, 0.3) is 0 Å². The molecule has 3 aromatic rings. The van der Waals surface area contributed by atoms with Gasteiger partial charge in [0, 0.05) is 12.7 Å². The molecule has 0 atom stereocenters. The van der Waals surface area contributed by atoms with Crippen LogP contribution < -0.4 is 14.2 Å². The molecule has 7 heteroatoms. The molecule has 6 nitrogen and oxygen atoms in total. The summed E-state index contributed by atoms with van der Waals surface area (Å²) in [5.41, 5.74) is 2.44. The van der Waals surface area contributed by atoms with E-state index in [4.69, 9.17) is 9.47 Å². The molecule has 0 aliphatic rings. The number of aromatic nitrogens is 1. The first-order chi connectivity index (χ1) is 13.5. The van der Waals surface area contributed by atoms with Crippen molar-refractivity contribution in [1.29, 1.82) is 0 Å². The van der Waals surface area contributed by atoms with Gasteiger partial charge in [-0.2, -0.15) is 0 Å². The molecule has 0 radical (unpaired) electrons. The van der Waals surface area contributed by atoms with Gasteiger partial charge in [-0.05, 0) is 60.5 Å². The van der Waals surface area contributed by atoms with E-state index >= 15 is 0 Å². The number of rotatable bonds is 8. The zero-order valence-electron chi connectivity index (χ0n) is 15.8. The highest BCUT2D eigenvalue weighted by Crippen LogP contribution is 2.21. The average molecular weight is 398 g/mol. The van der Waals surface area contributed by atoms with Crippen molar-refractivity contribution in [3.05, 3.63) is 83.7 Å². The number of methoxy groups -OCH3 is 1. The summed E-state index contributed by atoms with van der Waals surface area (Å²) in [7, 11) is -2.05. The third-order valence-corrected chi connectivity index (χ3v) is 5.58. The highest BCUT2D eigenvalue weighted by Gasteiger charge is 2.15. The van der Waals surface area contributed by atoms with Crippen LogP contribution in [0, 0.1) is 6.92 Å². The molecule has 0 spiro atoms. The third kappa shape index (κ3) is 5.09. The second kappa shape index (κ2) is 8.86. The lowest BCUT2D eigenvalue weighted by molar-refractivity contribution is 0.301. The van der Waals surface area contributed by atoms with Gasteiger partial charge in [-0.25, -0.2) is 13.1 Å². The quantitative estimate of drug-likeness (QED) is 0.629. The SMILES string of the molecule is COc1ccc(S(=O)(=O)NCc2ccc(OCc3ccccn3)cc2)cc1C. The summed E-state index contributed by atoms with van der Waals surface area (Å²) in [6.45, 7) is 2.37. The van der Waals surface area contributed by atoms with Gasteiger partial charge in [-0.3, -0.25) is 4.98 Å². The Hall–Kier alpha value is -2.90. The molecule has 2 aromatic carbocycles. The topological polar surface area (TPSA) is 77.5 Å². The van der Waals surface area contributed by atoms with Gasteiger partial charge in [0.05, 0.1) is 17.7 Å². The van der Waals surface area contributed by atoms with Crippen molar-refractivity contribution in [2.24, 2.45) is 0 Å². The summed E-state index contributed by atoms with van der Waals surface area (Å²) in [5, 5.41) is 0. The molecule has 3 rings (SSSR count). The number of ether oxygens (including phenoxy) is 2. The van der Waals surface area contributed by atoms with Crippen LogP contribution in [0.2, 0.25) is 0 Å². The minimum Gasteiger partial charge on any atom is -0.496 e. The molecule has 0 fully saturated rings. The zero-order valence-corrected chi connectivity index (χ0v) is 16.6. The van der Waals surface area contributed by atoms with Crippen molar-refractivity contribution in [1.82, 2.24) is 9.71 Å². The van der Waals surface area contributed by atoms with E-state index in [1.807, 2.05) is 49.4 Å². The first-order valence-electron chi connectivity index (χ1n) is 8.74. The summed E-state index contributed by atoms with van der Waals surface area (Å²) in [4.78, 5) is 4.41. The van der Waals surface area contributed by atoms with E-state index in [9.17, 15) is 8.42 Å². The second-order valence-electron chi connectivity index (χ2n) is 6.21. The average Bonchev–Trinajstić information content (AvgIpc) is 2.72. The minimum atomic E-state index is -3.61. The molecular formula is C21H22N2O4S. The maximum Gasteiger partial charge on any atom is 0.240 e. The normalized spacial score (nSPS) is 11.2.